The van der Waals surface area contributed by atoms with Crippen LogP contribution < -0.4 is 5.32 Å². The molecule has 1 aromatic carbocycles. The van der Waals surface area contributed by atoms with E-state index in [0.29, 0.717) is 10.6 Å². The van der Waals surface area contributed by atoms with Crippen LogP contribution in [0.25, 0.3) is 0 Å². The zero-order chi connectivity index (χ0) is 12.4. The van der Waals surface area contributed by atoms with E-state index in [1.807, 2.05) is 32.0 Å². The van der Waals surface area contributed by atoms with Crippen molar-refractivity contribution in [2.24, 2.45) is 0 Å². The number of carbonyl (C=O) groups excluding carboxylic acids is 1. The molecule has 17 heavy (non-hydrogen) atoms. The van der Waals surface area contributed by atoms with E-state index in [1.165, 1.54) is 0 Å². The SMILES string of the molecule is Cc1cccc(NC(=O)c2snnc2C)c1C. The Hall–Kier alpha value is -1.75. The Bertz CT molecular complexity index is 563. The van der Waals surface area contributed by atoms with E-state index in [4.69, 9.17) is 0 Å². The number of amides is 1. The first-order valence-electron chi connectivity index (χ1n) is 5.26. The molecule has 0 radical (unpaired) electrons. The zero-order valence-electron chi connectivity index (χ0n) is 9.94. The topological polar surface area (TPSA) is 54.9 Å². The summed E-state index contributed by atoms with van der Waals surface area (Å²) < 4.78 is 3.76. The quantitative estimate of drug-likeness (QED) is 0.887. The molecule has 1 amide bonds. The molecule has 0 aliphatic rings. The van der Waals surface area contributed by atoms with Gasteiger partial charge in [-0.2, -0.15) is 0 Å². The van der Waals surface area contributed by atoms with Crippen LogP contribution in [0.5, 0.6) is 0 Å². The summed E-state index contributed by atoms with van der Waals surface area (Å²) in [6, 6.07) is 5.84. The number of aromatic nitrogens is 2. The molecule has 1 heterocycles. The number of hydrogen-bond acceptors (Lipinski definition) is 4. The van der Waals surface area contributed by atoms with E-state index in [2.05, 4.69) is 14.9 Å². The van der Waals surface area contributed by atoms with Crippen LogP contribution in [0.15, 0.2) is 18.2 Å². The predicted molar refractivity (Wildman–Crippen MR) is 68.5 cm³/mol. The lowest BCUT2D eigenvalue weighted by molar-refractivity contribution is 0.102. The van der Waals surface area contributed by atoms with E-state index in [0.717, 1.165) is 28.3 Å². The fourth-order valence-electron chi connectivity index (χ4n) is 1.51. The van der Waals surface area contributed by atoms with Crippen LogP contribution in [0.3, 0.4) is 0 Å². The highest BCUT2D eigenvalue weighted by Crippen LogP contribution is 2.20. The highest BCUT2D eigenvalue weighted by molar-refractivity contribution is 7.08. The van der Waals surface area contributed by atoms with Crippen molar-refractivity contribution in [1.29, 1.82) is 0 Å². The molecule has 88 valence electrons. The molecule has 0 aliphatic carbocycles. The van der Waals surface area contributed by atoms with Crippen LogP contribution in [0, 0.1) is 20.8 Å². The summed E-state index contributed by atoms with van der Waals surface area (Å²) in [5.74, 6) is -0.147. The van der Waals surface area contributed by atoms with Gasteiger partial charge in [-0.25, -0.2) is 0 Å². The molecular formula is C12H13N3OS. The first kappa shape index (κ1) is 11.7. The van der Waals surface area contributed by atoms with Crippen LogP contribution >= 0.6 is 11.5 Å². The average Bonchev–Trinajstić information content (AvgIpc) is 2.71. The maximum Gasteiger partial charge on any atom is 0.269 e. The smallest absolute Gasteiger partial charge is 0.269 e. The van der Waals surface area contributed by atoms with Gasteiger partial charge in [0.25, 0.3) is 5.91 Å². The van der Waals surface area contributed by atoms with Crippen molar-refractivity contribution in [2.45, 2.75) is 20.8 Å². The number of benzene rings is 1. The second-order valence-electron chi connectivity index (χ2n) is 3.89. The minimum atomic E-state index is -0.147. The maximum absolute atomic E-state index is 12.0. The van der Waals surface area contributed by atoms with Crippen molar-refractivity contribution in [2.75, 3.05) is 5.32 Å². The van der Waals surface area contributed by atoms with E-state index in [-0.39, 0.29) is 5.91 Å². The molecular weight excluding hydrogens is 234 g/mol. The minimum absolute atomic E-state index is 0.147. The lowest BCUT2D eigenvalue weighted by atomic mass is 10.1. The van der Waals surface area contributed by atoms with Gasteiger partial charge >= 0.3 is 0 Å². The Morgan fingerprint density at radius 2 is 2.06 bits per heavy atom. The molecule has 4 nitrogen and oxygen atoms in total. The number of aryl methyl sites for hydroxylation is 2. The van der Waals surface area contributed by atoms with E-state index in [9.17, 15) is 4.79 Å². The molecule has 0 spiro atoms. The fourth-order valence-corrected chi connectivity index (χ4v) is 2.06. The average molecular weight is 247 g/mol. The third-order valence-corrected chi connectivity index (χ3v) is 3.54. The third-order valence-electron chi connectivity index (χ3n) is 2.71. The number of nitrogens with one attached hydrogen (secondary N) is 1. The van der Waals surface area contributed by atoms with Crippen LogP contribution in [-0.2, 0) is 0 Å². The van der Waals surface area contributed by atoms with Crippen molar-refractivity contribution in [3.05, 3.63) is 39.9 Å². The molecule has 2 rings (SSSR count). The lowest BCUT2D eigenvalue weighted by Gasteiger charge is -2.09. The van der Waals surface area contributed by atoms with E-state index in [1.54, 1.807) is 6.92 Å². The molecule has 5 heteroatoms. The molecule has 0 unspecified atom stereocenters. The molecule has 0 saturated heterocycles. The summed E-state index contributed by atoms with van der Waals surface area (Å²) in [5.41, 5.74) is 3.73. The number of rotatable bonds is 2. The second kappa shape index (κ2) is 4.63. The summed E-state index contributed by atoms with van der Waals surface area (Å²) in [4.78, 5) is 12.5. The Labute approximate surface area is 104 Å². The van der Waals surface area contributed by atoms with Crippen LogP contribution in [0.2, 0.25) is 0 Å². The number of nitrogens with zero attached hydrogens (tertiary/aromatic N) is 2. The summed E-state index contributed by atoms with van der Waals surface area (Å²) in [5, 5.41) is 6.71. The van der Waals surface area contributed by atoms with Gasteiger partial charge < -0.3 is 5.32 Å². The standard InChI is InChI=1S/C12H13N3OS/c1-7-5-4-6-10(8(7)2)13-12(16)11-9(3)14-15-17-11/h4-6H,1-3H3,(H,13,16). The highest BCUT2D eigenvalue weighted by atomic mass is 32.1. The van der Waals surface area contributed by atoms with Crippen molar-refractivity contribution in [3.8, 4) is 0 Å². The largest absolute Gasteiger partial charge is 0.321 e. The van der Waals surface area contributed by atoms with Crippen molar-refractivity contribution in [1.82, 2.24) is 9.59 Å². The Morgan fingerprint density at radius 3 is 2.71 bits per heavy atom. The minimum Gasteiger partial charge on any atom is -0.321 e. The molecule has 0 bridgehead atoms. The van der Waals surface area contributed by atoms with Crippen molar-refractivity contribution >= 4 is 23.1 Å². The van der Waals surface area contributed by atoms with Gasteiger partial charge in [-0.1, -0.05) is 16.6 Å². The van der Waals surface area contributed by atoms with Crippen LogP contribution in [0.1, 0.15) is 26.5 Å². The van der Waals surface area contributed by atoms with Gasteiger partial charge in [0.05, 0.1) is 5.69 Å². The van der Waals surface area contributed by atoms with E-state index < -0.39 is 0 Å². The molecule has 2 aromatic rings. The van der Waals surface area contributed by atoms with Crippen LogP contribution in [0.4, 0.5) is 5.69 Å². The van der Waals surface area contributed by atoms with Gasteiger partial charge in [-0.15, -0.1) is 5.10 Å². The maximum atomic E-state index is 12.0. The summed E-state index contributed by atoms with van der Waals surface area (Å²) in [6.07, 6.45) is 0. The summed E-state index contributed by atoms with van der Waals surface area (Å²) in [7, 11) is 0. The normalized spacial score (nSPS) is 10.3. The van der Waals surface area contributed by atoms with Crippen molar-refractivity contribution < 1.29 is 4.79 Å². The van der Waals surface area contributed by atoms with E-state index >= 15 is 0 Å². The fraction of sp³-hybridized carbons (Fsp3) is 0.250. The van der Waals surface area contributed by atoms with Gasteiger partial charge in [0, 0.05) is 5.69 Å². The van der Waals surface area contributed by atoms with Crippen LogP contribution in [-0.4, -0.2) is 15.5 Å². The number of anilines is 1. The Morgan fingerprint density at radius 1 is 1.29 bits per heavy atom. The molecule has 0 saturated carbocycles. The number of carbonyl (C=O) groups is 1. The monoisotopic (exact) mass is 247 g/mol. The Kier molecular flexibility index (Phi) is 3.19. The first-order valence-corrected chi connectivity index (χ1v) is 6.03. The van der Waals surface area contributed by atoms with Gasteiger partial charge in [0.15, 0.2) is 0 Å². The van der Waals surface area contributed by atoms with Gasteiger partial charge in [-0.05, 0) is 49.5 Å². The zero-order valence-corrected chi connectivity index (χ0v) is 10.8. The first-order chi connectivity index (χ1) is 8.09. The van der Waals surface area contributed by atoms with Gasteiger partial charge in [0.1, 0.15) is 4.88 Å². The third kappa shape index (κ3) is 2.34. The Balaban J connectivity index is 2.25. The summed E-state index contributed by atoms with van der Waals surface area (Å²) >= 11 is 1.11. The molecule has 1 aromatic heterocycles. The molecule has 0 aliphatic heterocycles. The summed E-state index contributed by atoms with van der Waals surface area (Å²) in [6.45, 7) is 5.79. The number of hydrogen-bond donors (Lipinski definition) is 1. The molecule has 0 atom stereocenters. The van der Waals surface area contributed by atoms with Gasteiger partial charge in [0.2, 0.25) is 0 Å². The van der Waals surface area contributed by atoms with Crippen molar-refractivity contribution in [3.63, 3.8) is 0 Å². The molecule has 1 N–H and O–H groups in total. The second-order valence-corrected chi connectivity index (χ2v) is 4.64. The molecule has 0 fully saturated rings. The lowest BCUT2D eigenvalue weighted by Crippen LogP contribution is -2.12. The highest BCUT2D eigenvalue weighted by Gasteiger charge is 2.14. The predicted octanol–water partition coefficient (Wildman–Crippen LogP) is 2.72. The van der Waals surface area contributed by atoms with Gasteiger partial charge in [-0.3, -0.25) is 4.79 Å².